The number of rotatable bonds is 6. The fraction of sp³-hybridized carbons (Fsp3) is 0.500. The molecule has 28 heavy (non-hydrogen) atoms. The van der Waals surface area contributed by atoms with Crippen LogP contribution in [0, 0.1) is 11.8 Å². The van der Waals surface area contributed by atoms with Crippen LogP contribution >= 0.6 is 0 Å². The molecule has 0 aliphatic heterocycles. The predicted octanol–water partition coefficient (Wildman–Crippen LogP) is 8.11. The zero-order valence-electron chi connectivity index (χ0n) is 17.6. The van der Waals surface area contributed by atoms with E-state index in [1.54, 1.807) is 16.7 Å². The van der Waals surface area contributed by atoms with E-state index in [4.69, 9.17) is 0 Å². The lowest BCUT2D eigenvalue weighted by Gasteiger charge is -2.28. The molecular formula is C28H36. The van der Waals surface area contributed by atoms with Crippen LogP contribution in [0.1, 0.15) is 80.9 Å². The topological polar surface area (TPSA) is 0 Å². The van der Waals surface area contributed by atoms with Crippen molar-refractivity contribution in [1.82, 2.24) is 0 Å². The molecule has 2 aliphatic rings. The first-order valence-electron chi connectivity index (χ1n) is 11.6. The third kappa shape index (κ3) is 4.43. The maximum Gasteiger partial charge on any atom is -0.0162 e. The van der Waals surface area contributed by atoms with Gasteiger partial charge in [-0.3, -0.25) is 0 Å². The molecule has 0 saturated heterocycles. The number of hydrogen-bond donors (Lipinski definition) is 0. The summed E-state index contributed by atoms with van der Waals surface area (Å²) in [5, 5.41) is 0. The van der Waals surface area contributed by atoms with E-state index in [0.29, 0.717) is 0 Å². The van der Waals surface area contributed by atoms with Crippen molar-refractivity contribution in [2.24, 2.45) is 11.8 Å². The van der Waals surface area contributed by atoms with Crippen molar-refractivity contribution in [2.45, 2.75) is 77.0 Å². The van der Waals surface area contributed by atoms with Gasteiger partial charge in [-0.15, -0.1) is 6.58 Å². The first-order chi connectivity index (χ1) is 13.8. The first-order valence-corrected chi connectivity index (χ1v) is 11.6. The smallest absolute Gasteiger partial charge is 0.0162 e. The Kier molecular flexibility index (Phi) is 6.35. The Morgan fingerprint density at radius 2 is 1.61 bits per heavy atom. The van der Waals surface area contributed by atoms with E-state index < -0.39 is 0 Å². The number of aryl methyl sites for hydroxylation is 1. The van der Waals surface area contributed by atoms with Gasteiger partial charge >= 0.3 is 0 Å². The molecule has 1 saturated carbocycles. The molecule has 0 aromatic heterocycles. The summed E-state index contributed by atoms with van der Waals surface area (Å²) < 4.78 is 0. The summed E-state index contributed by atoms with van der Waals surface area (Å²) in [5.74, 6) is 2.59. The fourth-order valence-electron chi connectivity index (χ4n) is 5.44. The zero-order chi connectivity index (χ0) is 19.3. The molecule has 1 atom stereocenters. The van der Waals surface area contributed by atoms with Crippen LogP contribution < -0.4 is 0 Å². The van der Waals surface area contributed by atoms with Gasteiger partial charge in [-0.1, -0.05) is 61.9 Å². The quantitative estimate of drug-likeness (QED) is 0.449. The van der Waals surface area contributed by atoms with Crippen molar-refractivity contribution < 1.29 is 0 Å². The van der Waals surface area contributed by atoms with Gasteiger partial charge in [-0.2, -0.15) is 0 Å². The molecule has 0 bridgehead atoms. The number of fused-ring (bicyclic) bond motifs is 1. The molecule has 0 heterocycles. The Bertz CT molecular complexity index is 774. The van der Waals surface area contributed by atoms with Crippen molar-refractivity contribution in [2.75, 3.05) is 0 Å². The Morgan fingerprint density at radius 3 is 2.32 bits per heavy atom. The monoisotopic (exact) mass is 372 g/mol. The average molecular weight is 373 g/mol. The molecule has 2 aliphatic carbocycles. The van der Waals surface area contributed by atoms with E-state index in [9.17, 15) is 0 Å². The van der Waals surface area contributed by atoms with Crippen molar-refractivity contribution >= 4 is 0 Å². The van der Waals surface area contributed by atoms with Crippen molar-refractivity contribution in [3.8, 4) is 11.1 Å². The summed E-state index contributed by atoms with van der Waals surface area (Å²) in [5.41, 5.74) is 7.50. The lowest BCUT2D eigenvalue weighted by atomic mass is 9.77. The summed E-state index contributed by atoms with van der Waals surface area (Å²) in [6.45, 7) is 6.20. The molecule has 0 spiro atoms. The van der Waals surface area contributed by atoms with E-state index in [1.165, 1.54) is 75.3 Å². The van der Waals surface area contributed by atoms with Gasteiger partial charge in [0.1, 0.15) is 0 Å². The standard InChI is InChI=1S/C28H36/c1-3-5-6-22-8-10-23(11-9-22)24-13-15-25(16-14-24)27-18-17-26-19-21(4-2)7-12-28(26)20-27/h3,13-18,20-23H,1,4-12,19H2,2H3. The Balaban J connectivity index is 1.41. The van der Waals surface area contributed by atoms with Crippen LogP contribution in [0.15, 0.2) is 55.1 Å². The summed E-state index contributed by atoms with van der Waals surface area (Å²) in [6.07, 6.45) is 15.3. The lowest BCUT2D eigenvalue weighted by Crippen LogP contribution is -2.13. The molecule has 4 rings (SSSR count). The summed E-state index contributed by atoms with van der Waals surface area (Å²) in [7, 11) is 0. The van der Waals surface area contributed by atoms with Gasteiger partial charge in [0.05, 0.1) is 0 Å². The molecule has 0 N–H and O–H groups in total. The van der Waals surface area contributed by atoms with Gasteiger partial charge in [-0.25, -0.2) is 0 Å². The van der Waals surface area contributed by atoms with E-state index in [2.05, 4.69) is 62.0 Å². The average Bonchev–Trinajstić information content (AvgIpc) is 2.77. The molecule has 0 radical (unpaired) electrons. The Morgan fingerprint density at radius 1 is 0.857 bits per heavy atom. The lowest BCUT2D eigenvalue weighted by molar-refractivity contribution is 0.312. The molecule has 0 amide bonds. The summed E-state index contributed by atoms with van der Waals surface area (Å²) in [4.78, 5) is 0. The van der Waals surface area contributed by atoms with Gasteiger partial charge in [0, 0.05) is 0 Å². The van der Waals surface area contributed by atoms with E-state index in [-0.39, 0.29) is 0 Å². The highest BCUT2D eigenvalue weighted by Crippen LogP contribution is 2.38. The second-order valence-electron chi connectivity index (χ2n) is 9.21. The normalized spacial score (nSPS) is 24.5. The third-order valence-corrected chi connectivity index (χ3v) is 7.46. The van der Waals surface area contributed by atoms with Gasteiger partial charge in [0.25, 0.3) is 0 Å². The minimum atomic E-state index is 0.767. The predicted molar refractivity (Wildman–Crippen MR) is 122 cm³/mol. The van der Waals surface area contributed by atoms with Crippen LogP contribution in [0.25, 0.3) is 11.1 Å². The second-order valence-corrected chi connectivity index (χ2v) is 9.21. The number of benzene rings is 2. The van der Waals surface area contributed by atoms with Crippen LogP contribution in [-0.4, -0.2) is 0 Å². The minimum absolute atomic E-state index is 0.767. The minimum Gasteiger partial charge on any atom is -0.103 e. The van der Waals surface area contributed by atoms with Crippen molar-refractivity contribution in [3.63, 3.8) is 0 Å². The second kappa shape index (κ2) is 9.12. The van der Waals surface area contributed by atoms with Crippen molar-refractivity contribution in [1.29, 1.82) is 0 Å². The highest BCUT2D eigenvalue weighted by molar-refractivity contribution is 5.65. The van der Waals surface area contributed by atoms with E-state index in [0.717, 1.165) is 17.8 Å². The summed E-state index contributed by atoms with van der Waals surface area (Å²) in [6, 6.07) is 16.7. The Hall–Kier alpha value is -1.82. The zero-order valence-corrected chi connectivity index (χ0v) is 17.6. The van der Waals surface area contributed by atoms with Crippen LogP contribution in [-0.2, 0) is 12.8 Å². The van der Waals surface area contributed by atoms with Crippen LogP contribution in [0.2, 0.25) is 0 Å². The summed E-state index contributed by atoms with van der Waals surface area (Å²) >= 11 is 0. The van der Waals surface area contributed by atoms with Crippen LogP contribution in [0.3, 0.4) is 0 Å². The molecule has 0 nitrogen and oxygen atoms in total. The SMILES string of the molecule is C=CCCC1CCC(c2ccc(-c3ccc4c(c3)CCC(CC)C4)cc2)CC1. The molecular weight excluding hydrogens is 336 g/mol. The molecule has 1 unspecified atom stereocenters. The van der Waals surface area contributed by atoms with Crippen LogP contribution in [0.5, 0.6) is 0 Å². The molecule has 2 aromatic carbocycles. The van der Waals surface area contributed by atoms with Gasteiger partial charge in [-0.05, 0) is 103 Å². The molecule has 2 aromatic rings. The molecule has 1 fully saturated rings. The molecule has 0 heteroatoms. The third-order valence-electron chi connectivity index (χ3n) is 7.46. The van der Waals surface area contributed by atoms with Gasteiger partial charge in [0.2, 0.25) is 0 Å². The highest BCUT2D eigenvalue weighted by Gasteiger charge is 2.22. The molecule has 148 valence electrons. The fourth-order valence-corrected chi connectivity index (χ4v) is 5.44. The maximum atomic E-state index is 3.87. The van der Waals surface area contributed by atoms with Gasteiger partial charge < -0.3 is 0 Å². The number of hydrogen-bond acceptors (Lipinski definition) is 0. The van der Waals surface area contributed by atoms with E-state index >= 15 is 0 Å². The van der Waals surface area contributed by atoms with E-state index in [1.807, 2.05) is 0 Å². The first kappa shape index (κ1) is 19.5. The largest absolute Gasteiger partial charge is 0.103 e. The maximum absolute atomic E-state index is 3.87. The van der Waals surface area contributed by atoms with Crippen LogP contribution in [0.4, 0.5) is 0 Å². The highest BCUT2D eigenvalue weighted by atomic mass is 14.3. The van der Waals surface area contributed by atoms with Crippen molar-refractivity contribution in [3.05, 3.63) is 71.8 Å². The number of allylic oxidation sites excluding steroid dienone is 1. The Labute approximate surface area is 172 Å². The van der Waals surface area contributed by atoms with Gasteiger partial charge in [0.15, 0.2) is 0 Å².